The summed E-state index contributed by atoms with van der Waals surface area (Å²) in [5.41, 5.74) is 5.15. The number of carbonyl (C=O) groups excluding carboxylic acids is 1. The van der Waals surface area contributed by atoms with Crippen LogP contribution in [-0.2, 0) is 5.92 Å². The van der Waals surface area contributed by atoms with Crippen LogP contribution in [0.5, 0.6) is 0 Å². The second-order valence-corrected chi connectivity index (χ2v) is 7.72. The summed E-state index contributed by atoms with van der Waals surface area (Å²) in [4.78, 5) is 26.6. The van der Waals surface area contributed by atoms with Gasteiger partial charge in [0.25, 0.3) is 17.4 Å². The van der Waals surface area contributed by atoms with Gasteiger partial charge < -0.3 is 5.73 Å². The Bertz CT molecular complexity index is 1110. The van der Waals surface area contributed by atoms with Crippen LogP contribution in [0.3, 0.4) is 0 Å². The molecule has 0 aliphatic carbocycles. The first kappa shape index (κ1) is 18.4. The van der Waals surface area contributed by atoms with Gasteiger partial charge in [-0.15, -0.1) is 0 Å². The topological polar surface area (TPSA) is 65.1 Å². The second kappa shape index (κ2) is 6.60. The van der Waals surface area contributed by atoms with E-state index in [2.05, 4.69) is 0 Å². The van der Waals surface area contributed by atoms with E-state index in [1.54, 1.807) is 12.1 Å². The molecular weight excluding hydrogens is 382 g/mol. The number of primary amides is 1. The van der Waals surface area contributed by atoms with Crippen molar-refractivity contribution >= 4 is 17.7 Å². The van der Waals surface area contributed by atoms with Gasteiger partial charge in [-0.25, -0.2) is 8.78 Å². The smallest absolute Gasteiger partial charge is 0.285 e. The van der Waals surface area contributed by atoms with Crippen LogP contribution >= 0.6 is 11.8 Å². The van der Waals surface area contributed by atoms with E-state index in [1.165, 1.54) is 11.8 Å². The molecule has 1 aliphatic heterocycles. The van der Waals surface area contributed by atoms with Crippen molar-refractivity contribution in [3.8, 4) is 0 Å². The number of aromatic nitrogens is 1. The first-order chi connectivity index (χ1) is 13.3. The van der Waals surface area contributed by atoms with Crippen molar-refractivity contribution in [2.75, 3.05) is 0 Å². The van der Waals surface area contributed by atoms with Gasteiger partial charge >= 0.3 is 0 Å². The van der Waals surface area contributed by atoms with E-state index in [0.717, 1.165) is 44.5 Å². The van der Waals surface area contributed by atoms with Crippen LogP contribution in [0.4, 0.5) is 8.78 Å². The Morgan fingerprint density at radius 1 is 1.00 bits per heavy atom. The summed E-state index contributed by atoms with van der Waals surface area (Å²) in [5, 5.41) is 0. The van der Waals surface area contributed by atoms with E-state index in [1.807, 2.05) is 36.4 Å². The lowest BCUT2D eigenvalue weighted by atomic mass is 9.96. The summed E-state index contributed by atoms with van der Waals surface area (Å²) in [6, 6.07) is 16.1. The number of alkyl halides is 2. The lowest BCUT2D eigenvalue weighted by Gasteiger charge is -2.32. The Morgan fingerprint density at radius 3 is 2.04 bits per heavy atom. The zero-order chi connectivity index (χ0) is 20.1. The molecule has 2 N–H and O–H groups in total. The van der Waals surface area contributed by atoms with Gasteiger partial charge in [0.2, 0.25) is 0 Å². The number of hydrogen-bond acceptors (Lipinski definition) is 3. The van der Waals surface area contributed by atoms with Crippen molar-refractivity contribution in [2.24, 2.45) is 5.73 Å². The van der Waals surface area contributed by atoms with Gasteiger partial charge in [0, 0.05) is 16.7 Å². The molecule has 0 radical (unpaired) electrons. The number of nitrogens with two attached hydrogens (primary N) is 1. The Hall–Kier alpha value is -2.93. The van der Waals surface area contributed by atoms with Crippen LogP contribution in [0.25, 0.3) is 0 Å². The standard InChI is InChI=1S/C21H16F2N2O2S/c1-21(22,23)17-11-10-14(19(24)26)20(27)25(17)18-12-6-2-4-8-15(12)28-16-9-5-3-7-13(16)18/h2-11,18H,1H3,(H2,24,26). The van der Waals surface area contributed by atoms with E-state index in [9.17, 15) is 18.4 Å². The minimum atomic E-state index is -3.29. The van der Waals surface area contributed by atoms with Crippen LogP contribution < -0.4 is 11.3 Å². The molecule has 1 aliphatic rings. The fraction of sp³-hybridized carbons (Fsp3) is 0.143. The largest absolute Gasteiger partial charge is 0.365 e. The first-order valence-corrected chi connectivity index (χ1v) is 9.40. The summed E-state index contributed by atoms with van der Waals surface area (Å²) >= 11 is 1.52. The number of pyridine rings is 1. The van der Waals surface area contributed by atoms with Crippen LogP contribution in [0, 0.1) is 0 Å². The highest BCUT2D eigenvalue weighted by Gasteiger charge is 2.36. The zero-order valence-electron chi connectivity index (χ0n) is 14.9. The molecule has 0 spiro atoms. The molecular formula is C21H16F2N2O2S. The number of rotatable bonds is 3. The highest BCUT2D eigenvalue weighted by molar-refractivity contribution is 7.99. The van der Waals surface area contributed by atoms with Gasteiger partial charge in [-0.2, -0.15) is 0 Å². The molecule has 28 heavy (non-hydrogen) atoms. The van der Waals surface area contributed by atoms with Gasteiger partial charge in [-0.3, -0.25) is 14.2 Å². The molecule has 0 saturated carbocycles. The molecule has 1 amide bonds. The molecule has 1 aromatic heterocycles. The summed E-state index contributed by atoms with van der Waals surface area (Å²) < 4.78 is 29.9. The van der Waals surface area contributed by atoms with Gasteiger partial charge in [-0.1, -0.05) is 48.2 Å². The van der Waals surface area contributed by atoms with Crippen molar-refractivity contribution in [2.45, 2.75) is 28.7 Å². The number of hydrogen-bond donors (Lipinski definition) is 1. The number of benzene rings is 2. The van der Waals surface area contributed by atoms with Crippen molar-refractivity contribution < 1.29 is 13.6 Å². The Morgan fingerprint density at radius 2 is 1.54 bits per heavy atom. The maximum Gasteiger partial charge on any atom is 0.285 e. The van der Waals surface area contributed by atoms with E-state index in [4.69, 9.17) is 5.73 Å². The lowest BCUT2D eigenvalue weighted by Crippen LogP contribution is -2.37. The van der Waals surface area contributed by atoms with E-state index in [-0.39, 0.29) is 5.56 Å². The molecule has 4 nitrogen and oxygen atoms in total. The van der Waals surface area contributed by atoms with E-state index in [0.29, 0.717) is 0 Å². The molecule has 4 rings (SSSR count). The van der Waals surface area contributed by atoms with Crippen LogP contribution in [0.1, 0.15) is 40.1 Å². The quantitative estimate of drug-likeness (QED) is 0.564. The van der Waals surface area contributed by atoms with Crippen LogP contribution in [-0.4, -0.2) is 10.5 Å². The number of nitrogens with zero attached hydrogens (tertiary/aromatic N) is 1. The Labute approximate surface area is 164 Å². The fourth-order valence-electron chi connectivity index (χ4n) is 3.52. The highest BCUT2D eigenvalue weighted by atomic mass is 32.2. The Kier molecular flexibility index (Phi) is 4.34. The van der Waals surface area contributed by atoms with Crippen LogP contribution in [0.15, 0.2) is 75.2 Å². The van der Waals surface area contributed by atoms with Crippen LogP contribution in [0.2, 0.25) is 0 Å². The number of fused-ring (bicyclic) bond motifs is 2. The molecule has 0 atom stereocenters. The van der Waals surface area contributed by atoms with Gasteiger partial charge in [-0.05, 0) is 35.4 Å². The van der Waals surface area contributed by atoms with Gasteiger partial charge in [0.1, 0.15) is 5.56 Å². The normalized spacial score (nSPS) is 13.7. The summed E-state index contributed by atoms with van der Waals surface area (Å²) in [6.07, 6.45) is 0. The molecule has 0 saturated heterocycles. The molecule has 0 fully saturated rings. The molecule has 0 unspecified atom stereocenters. The minimum Gasteiger partial charge on any atom is -0.365 e. The van der Waals surface area contributed by atoms with Crippen molar-refractivity contribution in [3.05, 3.63) is 93.4 Å². The third-order valence-corrected chi connectivity index (χ3v) is 5.92. The zero-order valence-corrected chi connectivity index (χ0v) is 15.7. The molecule has 7 heteroatoms. The summed E-state index contributed by atoms with van der Waals surface area (Å²) in [5.74, 6) is -4.24. The number of amides is 1. The SMILES string of the molecule is CC(F)(F)c1ccc(C(N)=O)c(=O)n1C1c2ccccc2Sc2ccccc21. The van der Waals surface area contributed by atoms with Gasteiger partial charge in [0.05, 0.1) is 11.7 Å². The predicted octanol–water partition coefficient (Wildman–Crippen LogP) is 4.16. The summed E-state index contributed by atoms with van der Waals surface area (Å²) in [6.45, 7) is 0.734. The molecule has 2 aromatic carbocycles. The van der Waals surface area contributed by atoms with E-state index < -0.39 is 29.1 Å². The molecule has 2 heterocycles. The number of carbonyl (C=O) groups is 1. The first-order valence-electron chi connectivity index (χ1n) is 8.58. The minimum absolute atomic E-state index is 0.318. The van der Waals surface area contributed by atoms with Gasteiger partial charge in [0.15, 0.2) is 0 Å². The average molecular weight is 398 g/mol. The maximum atomic E-state index is 14.5. The predicted molar refractivity (Wildman–Crippen MR) is 103 cm³/mol. The van der Waals surface area contributed by atoms with E-state index >= 15 is 0 Å². The Balaban J connectivity index is 2.11. The number of halogens is 2. The molecule has 3 aromatic rings. The highest BCUT2D eigenvalue weighted by Crippen LogP contribution is 2.46. The third-order valence-electron chi connectivity index (χ3n) is 4.74. The molecule has 142 valence electrons. The third kappa shape index (κ3) is 2.92. The van der Waals surface area contributed by atoms with Crippen molar-refractivity contribution in [3.63, 3.8) is 0 Å². The van der Waals surface area contributed by atoms with Crippen molar-refractivity contribution in [1.82, 2.24) is 4.57 Å². The second-order valence-electron chi connectivity index (χ2n) is 6.64. The lowest BCUT2D eigenvalue weighted by molar-refractivity contribution is 0.00734. The van der Waals surface area contributed by atoms with Crippen molar-refractivity contribution in [1.29, 1.82) is 0 Å². The fourth-order valence-corrected chi connectivity index (χ4v) is 4.64. The molecule has 0 bridgehead atoms. The average Bonchev–Trinajstić information content (AvgIpc) is 2.65. The monoisotopic (exact) mass is 398 g/mol. The summed E-state index contributed by atoms with van der Waals surface area (Å²) in [7, 11) is 0. The maximum absolute atomic E-state index is 14.5.